The zero-order valence-corrected chi connectivity index (χ0v) is 9.81. The summed E-state index contributed by atoms with van der Waals surface area (Å²) < 4.78 is 9.85. The Kier molecular flexibility index (Phi) is 3.81. The van der Waals surface area contributed by atoms with Crippen LogP contribution in [0.5, 0.6) is 0 Å². The molecule has 0 radical (unpaired) electrons. The summed E-state index contributed by atoms with van der Waals surface area (Å²) in [6.45, 7) is 1.77. The maximum atomic E-state index is 11.2. The van der Waals surface area contributed by atoms with Crippen molar-refractivity contribution in [1.82, 2.24) is 5.32 Å². The molecule has 1 fully saturated rings. The maximum Gasteiger partial charge on any atom is 0.373 e. The first-order chi connectivity index (χ1) is 8.22. The summed E-state index contributed by atoms with van der Waals surface area (Å²) in [6, 6.07) is 3.16. The molecule has 2 atom stereocenters. The first kappa shape index (κ1) is 12.1. The van der Waals surface area contributed by atoms with E-state index in [1.165, 1.54) is 13.2 Å². The van der Waals surface area contributed by atoms with Crippen molar-refractivity contribution in [2.45, 2.75) is 18.9 Å². The van der Waals surface area contributed by atoms with E-state index in [4.69, 9.17) is 4.42 Å². The maximum absolute atomic E-state index is 11.2. The lowest BCUT2D eigenvalue weighted by Crippen LogP contribution is -2.33. The molecule has 1 aromatic rings. The fourth-order valence-electron chi connectivity index (χ4n) is 2.10. The highest BCUT2D eigenvalue weighted by Gasteiger charge is 2.26. The molecule has 1 aliphatic heterocycles. The highest BCUT2D eigenvalue weighted by Crippen LogP contribution is 2.28. The molecule has 2 N–H and O–H groups in total. The third-order valence-electron chi connectivity index (χ3n) is 3.09. The summed E-state index contributed by atoms with van der Waals surface area (Å²) in [7, 11) is 1.30. The third-order valence-corrected chi connectivity index (χ3v) is 3.09. The zero-order chi connectivity index (χ0) is 12.3. The van der Waals surface area contributed by atoms with E-state index in [1.807, 2.05) is 0 Å². The van der Waals surface area contributed by atoms with Gasteiger partial charge < -0.3 is 19.6 Å². The van der Waals surface area contributed by atoms with Crippen LogP contribution in [0.25, 0.3) is 0 Å². The Balaban J connectivity index is 2.05. The number of rotatable bonds is 3. The average Bonchev–Trinajstić information content (AvgIpc) is 2.87. The summed E-state index contributed by atoms with van der Waals surface area (Å²) in [5.41, 5.74) is 0. The minimum absolute atomic E-state index is 0.130. The van der Waals surface area contributed by atoms with Gasteiger partial charge in [-0.3, -0.25) is 0 Å². The van der Waals surface area contributed by atoms with Crippen molar-refractivity contribution in [3.8, 4) is 0 Å². The number of hydrogen-bond acceptors (Lipinski definition) is 5. The Hall–Kier alpha value is -1.33. The van der Waals surface area contributed by atoms with Crippen LogP contribution in [0.4, 0.5) is 0 Å². The van der Waals surface area contributed by atoms with Crippen molar-refractivity contribution >= 4 is 5.97 Å². The number of nitrogens with one attached hydrogen (secondary N) is 1. The standard InChI is InChI=1S/C12H17NO4/c1-16-12(15)10-5-4-9(17-10)11(14)8-3-2-6-13-7-8/h4-5,8,11,13-14H,2-3,6-7H2,1H3. The Bertz CT molecular complexity index is 382. The molecule has 1 saturated heterocycles. The Morgan fingerprint density at radius 2 is 2.47 bits per heavy atom. The second-order valence-electron chi connectivity index (χ2n) is 4.24. The van der Waals surface area contributed by atoms with Crippen LogP contribution >= 0.6 is 0 Å². The van der Waals surface area contributed by atoms with Crippen molar-refractivity contribution < 1.29 is 19.1 Å². The predicted octanol–water partition coefficient (Wildman–Crippen LogP) is 1.10. The van der Waals surface area contributed by atoms with E-state index in [2.05, 4.69) is 10.1 Å². The minimum atomic E-state index is -0.666. The van der Waals surface area contributed by atoms with Gasteiger partial charge in [-0.2, -0.15) is 0 Å². The zero-order valence-electron chi connectivity index (χ0n) is 9.81. The van der Waals surface area contributed by atoms with Crippen LogP contribution in [-0.2, 0) is 4.74 Å². The largest absolute Gasteiger partial charge is 0.463 e. The van der Waals surface area contributed by atoms with Gasteiger partial charge in [-0.05, 0) is 31.5 Å². The Morgan fingerprint density at radius 3 is 3.12 bits per heavy atom. The first-order valence-corrected chi connectivity index (χ1v) is 5.79. The molecule has 0 saturated carbocycles. The van der Waals surface area contributed by atoms with E-state index < -0.39 is 12.1 Å². The summed E-state index contributed by atoms with van der Waals surface area (Å²) in [5, 5.41) is 13.4. The highest BCUT2D eigenvalue weighted by molar-refractivity contribution is 5.86. The number of aliphatic hydroxyl groups is 1. The van der Waals surface area contributed by atoms with E-state index in [0.717, 1.165) is 25.9 Å². The number of hydrogen-bond donors (Lipinski definition) is 2. The van der Waals surface area contributed by atoms with Gasteiger partial charge in [0, 0.05) is 12.5 Å². The van der Waals surface area contributed by atoms with Gasteiger partial charge in [0.25, 0.3) is 0 Å². The van der Waals surface area contributed by atoms with Crippen LogP contribution in [0.15, 0.2) is 16.5 Å². The average molecular weight is 239 g/mol. The predicted molar refractivity (Wildman–Crippen MR) is 60.6 cm³/mol. The van der Waals surface area contributed by atoms with E-state index >= 15 is 0 Å². The number of furan rings is 1. The lowest BCUT2D eigenvalue weighted by molar-refractivity contribution is 0.0521. The van der Waals surface area contributed by atoms with Crippen molar-refractivity contribution in [2.75, 3.05) is 20.2 Å². The Labute approximate surface area is 99.8 Å². The smallest absolute Gasteiger partial charge is 0.373 e. The molecule has 0 amide bonds. The van der Waals surface area contributed by atoms with Gasteiger partial charge in [-0.15, -0.1) is 0 Å². The molecular weight excluding hydrogens is 222 g/mol. The summed E-state index contributed by atoms with van der Waals surface area (Å²) in [6.07, 6.45) is 1.34. The molecule has 2 rings (SSSR count). The van der Waals surface area contributed by atoms with E-state index in [-0.39, 0.29) is 11.7 Å². The van der Waals surface area contributed by atoms with Crippen molar-refractivity contribution in [3.05, 3.63) is 23.7 Å². The number of carbonyl (C=O) groups is 1. The van der Waals surface area contributed by atoms with E-state index in [9.17, 15) is 9.90 Å². The quantitative estimate of drug-likeness (QED) is 0.773. The topological polar surface area (TPSA) is 71.7 Å². The van der Waals surface area contributed by atoms with Crippen LogP contribution in [0.1, 0.15) is 35.3 Å². The monoisotopic (exact) mass is 239 g/mol. The molecule has 5 heteroatoms. The lowest BCUT2D eigenvalue weighted by Gasteiger charge is -2.25. The van der Waals surface area contributed by atoms with Crippen molar-refractivity contribution in [3.63, 3.8) is 0 Å². The van der Waals surface area contributed by atoms with Gasteiger partial charge in [-0.25, -0.2) is 4.79 Å². The summed E-state index contributed by atoms with van der Waals surface area (Å²) in [4.78, 5) is 11.2. The molecular formula is C12H17NO4. The number of aliphatic hydroxyl groups excluding tert-OH is 1. The highest BCUT2D eigenvalue weighted by atomic mass is 16.5. The molecule has 0 aliphatic carbocycles. The van der Waals surface area contributed by atoms with Gasteiger partial charge in [0.15, 0.2) is 0 Å². The molecule has 2 unspecified atom stereocenters. The normalized spacial score (nSPS) is 22.1. The van der Waals surface area contributed by atoms with Crippen molar-refractivity contribution in [1.29, 1.82) is 0 Å². The Morgan fingerprint density at radius 1 is 1.65 bits per heavy atom. The van der Waals surface area contributed by atoms with E-state index in [1.54, 1.807) is 6.07 Å². The first-order valence-electron chi connectivity index (χ1n) is 5.79. The molecule has 94 valence electrons. The van der Waals surface area contributed by atoms with Crippen LogP contribution in [0, 0.1) is 5.92 Å². The van der Waals surface area contributed by atoms with Crippen molar-refractivity contribution in [2.24, 2.45) is 5.92 Å². The molecule has 17 heavy (non-hydrogen) atoms. The minimum Gasteiger partial charge on any atom is -0.463 e. The second-order valence-corrected chi connectivity index (χ2v) is 4.24. The molecule has 0 aromatic carbocycles. The fraction of sp³-hybridized carbons (Fsp3) is 0.583. The summed E-state index contributed by atoms with van der Waals surface area (Å²) >= 11 is 0. The van der Waals surface area contributed by atoms with Crippen LogP contribution in [0.2, 0.25) is 0 Å². The van der Waals surface area contributed by atoms with Gasteiger partial charge in [-0.1, -0.05) is 0 Å². The molecule has 0 bridgehead atoms. The fourth-order valence-corrected chi connectivity index (χ4v) is 2.10. The third kappa shape index (κ3) is 2.68. The molecule has 1 aliphatic rings. The van der Waals surface area contributed by atoms with Gasteiger partial charge >= 0.3 is 5.97 Å². The number of carbonyl (C=O) groups excluding carboxylic acids is 1. The molecule has 0 spiro atoms. The number of esters is 1. The van der Waals surface area contributed by atoms with Gasteiger partial charge in [0.1, 0.15) is 11.9 Å². The summed E-state index contributed by atoms with van der Waals surface area (Å²) in [5.74, 6) is 0.176. The number of methoxy groups -OCH3 is 1. The number of piperidine rings is 1. The molecule has 5 nitrogen and oxygen atoms in total. The van der Waals surface area contributed by atoms with E-state index in [0.29, 0.717) is 5.76 Å². The SMILES string of the molecule is COC(=O)c1ccc(C(O)C2CCCNC2)o1. The lowest BCUT2D eigenvalue weighted by atomic mass is 9.92. The van der Waals surface area contributed by atoms with Crippen LogP contribution < -0.4 is 5.32 Å². The van der Waals surface area contributed by atoms with Crippen LogP contribution in [0.3, 0.4) is 0 Å². The molecule has 1 aromatic heterocycles. The molecule has 2 heterocycles. The van der Waals surface area contributed by atoms with Crippen LogP contribution in [-0.4, -0.2) is 31.3 Å². The van der Waals surface area contributed by atoms with Gasteiger partial charge in [0.2, 0.25) is 5.76 Å². The van der Waals surface area contributed by atoms with Gasteiger partial charge in [0.05, 0.1) is 7.11 Å². The number of ether oxygens (including phenoxy) is 1. The second kappa shape index (κ2) is 5.33.